The Morgan fingerprint density at radius 2 is 1.59 bits per heavy atom. The minimum absolute atomic E-state index is 0.0515. The molecule has 14 nitrogen and oxygen atoms in total. The zero-order chi connectivity index (χ0) is 43.9. The molecule has 1 aromatic carbocycles. The number of aryl methyl sites for hydroxylation is 1. The summed E-state index contributed by atoms with van der Waals surface area (Å²) < 4.78 is 132. The number of alkyl halides is 8. The number of amides is 1. The second kappa shape index (κ2) is 16.3. The lowest BCUT2D eigenvalue weighted by Crippen LogP contribution is -2.44. The van der Waals surface area contributed by atoms with Crippen molar-refractivity contribution in [1.29, 1.82) is 5.26 Å². The van der Waals surface area contributed by atoms with Gasteiger partial charge in [-0.3, -0.25) is 19.3 Å². The Morgan fingerprint density at radius 3 is 2.17 bits per heavy atom. The maximum Gasteiger partial charge on any atom is 0.510 e. The van der Waals surface area contributed by atoms with Crippen molar-refractivity contribution in [2.45, 2.75) is 107 Å². The van der Waals surface area contributed by atoms with Crippen molar-refractivity contribution in [1.82, 2.24) is 24.5 Å². The predicted molar refractivity (Wildman–Crippen MR) is 185 cm³/mol. The predicted octanol–water partition coefficient (Wildman–Crippen LogP) is 7.79. The molecular formula is C36H35ClF8N6O8. The maximum absolute atomic E-state index is 14.2. The van der Waals surface area contributed by atoms with Crippen LogP contribution in [-0.4, -0.2) is 84.7 Å². The third-order valence-electron chi connectivity index (χ3n) is 9.16. The number of rotatable bonds is 12. The van der Waals surface area contributed by atoms with Crippen LogP contribution in [0.4, 0.5) is 39.9 Å². The molecule has 2 saturated carbocycles. The summed E-state index contributed by atoms with van der Waals surface area (Å²) in [4.78, 5) is 52.1. The van der Waals surface area contributed by atoms with Crippen molar-refractivity contribution in [3.63, 3.8) is 0 Å². The lowest BCUT2D eigenvalue weighted by atomic mass is 10.0. The monoisotopic (exact) mass is 866 g/mol. The average molecular weight is 867 g/mol. The molecule has 0 N–H and O–H groups in total. The third kappa shape index (κ3) is 9.88. The molecular weight excluding hydrogens is 832 g/mol. The molecule has 1 amide bonds. The zero-order valence-corrected chi connectivity index (χ0v) is 32.3. The number of benzene rings is 1. The highest BCUT2D eigenvalue weighted by Crippen LogP contribution is 2.49. The molecule has 59 heavy (non-hydrogen) atoms. The van der Waals surface area contributed by atoms with Crippen molar-refractivity contribution in [3.8, 4) is 23.0 Å². The molecule has 2 fully saturated rings. The molecule has 0 bridgehead atoms. The molecule has 0 saturated heterocycles. The summed E-state index contributed by atoms with van der Waals surface area (Å²) in [5, 5.41) is 16.4. The minimum atomic E-state index is -6.41. The Bertz CT molecular complexity index is 2150. The number of carbonyl (C=O) groups is 4. The van der Waals surface area contributed by atoms with E-state index >= 15 is 0 Å². The van der Waals surface area contributed by atoms with Gasteiger partial charge in [0, 0.05) is 18.8 Å². The molecule has 2 heterocycles. The molecule has 23 heteroatoms. The number of halogens is 9. The summed E-state index contributed by atoms with van der Waals surface area (Å²) in [5.74, 6) is -9.51. The quantitative estimate of drug-likeness (QED) is 0.0754. The van der Waals surface area contributed by atoms with Crippen LogP contribution in [0.15, 0.2) is 30.6 Å². The molecule has 0 spiro atoms. The fraction of sp³-hybridized carbons (Fsp3) is 0.528. The summed E-state index contributed by atoms with van der Waals surface area (Å²) in [5.41, 5.74) is -7.44. The number of hydrogen-bond donors (Lipinski definition) is 0. The van der Waals surface area contributed by atoms with E-state index in [1.54, 1.807) is 20.8 Å². The van der Waals surface area contributed by atoms with Gasteiger partial charge in [-0.15, -0.1) is 0 Å². The summed E-state index contributed by atoms with van der Waals surface area (Å²) in [6.07, 6.45) is -12.4. The molecule has 3 aromatic rings. The van der Waals surface area contributed by atoms with Crippen molar-refractivity contribution in [2.24, 2.45) is 7.05 Å². The highest BCUT2D eigenvalue weighted by Gasteiger charge is 2.64. The van der Waals surface area contributed by atoms with Crippen molar-refractivity contribution in [3.05, 3.63) is 52.4 Å². The van der Waals surface area contributed by atoms with Gasteiger partial charge in [-0.25, -0.2) is 14.2 Å². The smallest absolute Gasteiger partial charge is 0.460 e. The molecule has 0 unspecified atom stereocenters. The van der Waals surface area contributed by atoms with E-state index in [0.29, 0.717) is 31.0 Å². The summed E-state index contributed by atoms with van der Waals surface area (Å²) in [6, 6.07) is 5.66. The second-order valence-corrected chi connectivity index (χ2v) is 15.1. The number of carbonyl (C=O) groups excluding carboxylic acids is 4. The van der Waals surface area contributed by atoms with E-state index in [1.165, 1.54) is 12.1 Å². The Morgan fingerprint density at radius 1 is 0.966 bits per heavy atom. The van der Waals surface area contributed by atoms with Gasteiger partial charge in [-0.1, -0.05) is 17.7 Å². The van der Waals surface area contributed by atoms with Gasteiger partial charge in [-0.05, 0) is 70.6 Å². The van der Waals surface area contributed by atoms with Crippen LogP contribution in [0.5, 0.6) is 0 Å². The van der Waals surface area contributed by atoms with E-state index < -0.39 is 89.4 Å². The van der Waals surface area contributed by atoms with E-state index in [0.717, 1.165) is 23.4 Å². The molecule has 0 aliphatic heterocycles. The standard InChI is InChI=1S/C36H35ClF8N6O8/c1-32(2,3)59-26(53)11-10-25(52)57-23-6-5-7-24(23)58-31(55)56-18-50(33(17-46)12-13-33)30(54)21-14-19(8-9-22(21)37)20-15-47-51(16-20)29-27(35(40,41)42)28(48-49(29)4)34(38,39)36(43,44)45/h8-9,14-16,23-24H,5-7,10-13,18H2,1-4H3/t23-,24-/m1/s1. The fourth-order valence-corrected chi connectivity index (χ4v) is 6.39. The second-order valence-electron chi connectivity index (χ2n) is 14.7. The Labute approximate surface area is 334 Å². The van der Waals surface area contributed by atoms with E-state index in [-0.39, 0.29) is 52.1 Å². The van der Waals surface area contributed by atoms with Gasteiger partial charge in [0.1, 0.15) is 28.9 Å². The molecule has 2 aliphatic rings. The normalized spacial score (nSPS) is 17.8. The van der Waals surface area contributed by atoms with Gasteiger partial charge < -0.3 is 18.9 Å². The number of nitrogens with zero attached hydrogens (tertiary/aromatic N) is 6. The molecule has 2 aliphatic carbocycles. The van der Waals surface area contributed by atoms with Gasteiger partial charge in [0.05, 0.1) is 35.7 Å². The van der Waals surface area contributed by atoms with Crippen LogP contribution in [-0.2, 0) is 47.7 Å². The largest absolute Gasteiger partial charge is 0.510 e. The van der Waals surface area contributed by atoms with Gasteiger partial charge in [0.15, 0.2) is 18.2 Å². The molecule has 0 radical (unpaired) electrons. The Hall–Kier alpha value is -5.46. The maximum atomic E-state index is 14.2. The van der Waals surface area contributed by atoms with Gasteiger partial charge in [0.2, 0.25) is 0 Å². The highest BCUT2D eigenvalue weighted by molar-refractivity contribution is 6.34. The van der Waals surface area contributed by atoms with E-state index in [4.69, 9.17) is 30.5 Å². The number of esters is 2. The van der Waals surface area contributed by atoms with E-state index in [9.17, 15) is 59.6 Å². The topological polar surface area (TPSA) is 168 Å². The van der Waals surface area contributed by atoms with Crippen LogP contribution in [0.25, 0.3) is 16.9 Å². The van der Waals surface area contributed by atoms with Crippen molar-refractivity contribution < 1.29 is 73.2 Å². The van der Waals surface area contributed by atoms with Crippen LogP contribution in [0.3, 0.4) is 0 Å². The number of ether oxygens (including phenoxy) is 4. The van der Waals surface area contributed by atoms with Crippen molar-refractivity contribution >= 4 is 35.6 Å². The number of nitriles is 1. The first-order valence-corrected chi connectivity index (χ1v) is 18.1. The van der Waals surface area contributed by atoms with Gasteiger partial charge in [-0.2, -0.15) is 50.6 Å². The fourth-order valence-electron chi connectivity index (χ4n) is 6.19. The van der Waals surface area contributed by atoms with Gasteiger partial charge >= 0.3 is 36.4 Å². The Kier molecular flexibility index (Phi) is 12.3. The van der Waals surface area contributed by atoms with Crippen LogP contribution in [0, 0.1) is 11.3 Å². The summed E-state index contributed by atoms with van der Waals surface area (Å²) in [7, 11) is 0.717. The Balaban J connectivity index is 1.31. The summed E-state index contributed by atoms with van der Waals surface area (Å²) in [6.45, 7) is 4.20. The number of aromatic nitrogens is 4. The van der Waals surface area contributed by atoms with Crippen LogP contribution < -0.4 is 0 Å². The zero-order valence-electron chi connectivity index (χ0n) is 31.5. The first kappa shape index (κ1) is 44.6. The first-order valence-electron chi connectivity index (χ1n) is 17.7. The lowest BCUT2D eigenvalue weighted by molar-refractivity contribution is -0.292. The lowest BCUT2D eigenvalue weighted by Gasteiger charge is -2.27. The molecule has 5 rings (SSSR count). The van der Waals surface area contributed by atoms with E-state index in [1.807, 2.05) is 6.07 Å². The molecule has 2 atom stereocenters. The molecule has 320 valence electrons. The van der Waals surface area contributed by atoms with E-state index in [2.05, 4.69) is 10.2 Å². The third-order valence-corrected chi connectivity index (χ3v) is 9.49. The van der Waals surface area contributed by atoms with Crippen LogP contribution in [0.1, 0.15) is 87.3 Å². The van der Waals surface area contributed by atoms with Gasteiger partial charge in [0.25, 0.3) is 5.91 Å². The first-order chi connectivity index (χ1) is 27.3. The minimum Gasteiger partial charge on any atom is -0.460 e. The molecule has 2 aromatic heterocycles. The van der Waals surface area contributed by atoms with Crippen LogP contribution in [0.2, 0.25) is 5.02 Å². The number of hydrogen-bond acceptors (Lipinski definition) is 11. The van der Waals surface area contributed by atoms with Crippen LogP contribution >= 0.6 is 11.6 Å². The summed E-state index contributed by atoms with van der Waals surface area (Å²) >= 11 is 6.36. The van der Waals surface area contributed by atoms with Crippen molar-refractivity contribution in [2.75, 3.05) is 6.73 Å². The average Bonchev–Trinajstić information content (AvgIpc) is 3.38. The SMILES string of the molecule is Cn1nc(C(F)(F)C(F)(F)F)c(C(F)(F)F)c1-n1cc(-c2ccc(Cl)c(C(=O)N(COC(=O)O[C@@H]3CCC[C@H]3OC(=O)CCC(=O)OC(C)(C)C)C3(C#N)CC3)c2)cn1. The highest BCUT2D eigenvalue weighted by atomic mass is 35.5.